The van der Waals surface area contributed by atoms with Crippen LogP contribution in [0.25, 0.3) is 11.0 Å². The second-order valence-corrected chi connectivity index (χ2v) is 8.06. The predicted octanol–water partition coefficient (Wildman–Crippen LogP) is 4.82. The molecule has 1 unspecified atom stereocenters. The van der Waals surface area contributed by atoms with Gasteiger partial charge in [0.15, 0.2) is 6.10 Å². The number of amides is 1. The molecule has 1 atom stereocenters. The molecule has 0 N–H and O–H groups in total. The van der Waals surface area contributed by atoms with Crippen LogP contribution >= 0.6 is 0 Å². The molecule has 1 saturated heterocycles. The van der Waals surface area contributed by atoms with E-state index in [-0.39, 0.29) is 18.3 Å². The lowest BCUT2D eigenvalue weighted by molar-refractivity contribution is -0.141. The number of furan rings is 1. The van der Waals surface area contributed by atoms with Crippen LogP contribution in [0.3, 0.4) is 0 Å². The van der Waals surface area contributed by atoms with Crippen LogP contribution in [-0.4, -0.2) is 36.0 Å². The summed E-state index contributed by atoms with van der Waals surface area (Å²) in [6.45, 7) is 5.34. The molecule has 0 bridgehead atoms. The van der Waals surface area contributed by atoms with Gasteiger partial charge in [0.2, 0.25) is 5.76 Å². The number of ether oxygens (including phenoxy) is 2. The van der Waals surface area contributed by atoms with Crippen molar-refractivity contribution in [2.45, 2.75) is 39.4 Å². The third kappa shape index (κ3) is 4.74. The average Bonchev–Trinajstić information content (AvgIpc) is 3.17. The summed E-state index contributed by atoms with van der Waals surface area (Å²) in [5.41, 5.74) is 1.18. The Morgan fingerprint density at radius 2 is 1.74 bits per heavy atom. The molecule has 4 rings (SSSR count). The summed E-state index contributed by atoms with van der Waals surface area (Å²) in [7, 11) is 0. The van der Waals surface area contributed by atoms with Crippen LogP contribution in [-0.2, 0) is 16.1 Å². The molecule has 0 radical (unpaired) electrons. The number of benzene rings is 2. The Bertz CT molecular complexity index is 1050. The Morgan fingerprint density at radius 3 is 2.48 bits per heavy atom. The van der Waals surface area contributed by atoms with Crippen LogP contribution in [0.4, 0.5) is 0 Å². The van der Waals surface area contributed by atoms with Gasteiger partial charge in [0, 0.05) is 18.5 Å². The zero-order valence-corrected chi connectivity index (χ0v) is 17.9. The van der Waals surface area contributed by atoms with E-state index in [0.29, 0.717) is 35.9 Å². The van der Waals surface area contributed by atoms with Gasteiger partial charge >= 0.3 is 5.97 Å². The van der Waals surface area contributed by atoms with Gasteiger partial charge in [0.1, 0.15) is 17.9 Å². The van der Waals surface area contributed by atoms with Crippen molar-refractivity contribution in [2.75, 3.05) is 13.1 Å². The van der Waals surface area contributed by atoms with Gasteiger partial charge in [-0.1, -0.05) is 43.3 Å². The topological polar surface area (TPSA) is 69.0 Å². The van der Waals surface area contributed by atoms with Gasteiger partial charge in [-0.15, -0.1) is 0 Å². The number of fused-ring (bicyclic) bond motifs is 1. The summed E-state index contributed by atoms with van der Waals surface area (Å²) < 4.78 is 17.2. The van der Waals surface area contributed by atoms with Crippen molar-refractivity contribution in [3.05, 3.63) is 65.9 Å². The fourth-order valence-electron chi connectivity index (χ4n) is 3.83. The van der Waals surface area contributed by atoms with E-state index in [2.05, 4.69) is 6.92 Å². The first-order chi connectivity index (χ1) is 15.0. The number of carbonyl (C=O) groups excluding carboxylic acids is 2. The molecule has 1 aliphatic heterocycles. The largest absolute Gasteiger partial charge is 0.489 e. The average molecular weight is 421 g/mol. The molecule has 0 saturated carbocycles. The van der Waals surface area contributed by atoms with E-state index in [1.165, 1.54) is 0 Å². The van der Waals surface area contributed by atoms with Gasteiger partial charge < -0.3 is 18.8 Å². The number of rotatable bonds is 6. The zero-order valence-electron chi connectivity index (χ0n) is 17.9. The highest BCUT2D eigenvalue weighted by Crippen LogP contribution is 2.28. The van der Waals surface area contributed by atoms with E-state index in [9.17, 15) is 9.59 Å². The van der Waals surface area contributed by atoms with E-state index in [0.717, 1.165) is 18.2 Å². The van der Waals surface area contributed by atoms with Crippen molar-refractivity contribution in [1.29, 1.82) is 0 Å². The van der Waals surface area contributed by atoms with Crippen molar-refractivity contribution in [1.82, 2.24) is 4.90 Å². The summed E-state index contributed by atoms with van der Waals surface area (Å²) in [6, 6.07) is 16.8. The minimum absolute atomic E-state index is 0.0732. The number of esters is 1. The highest BCUT2D eigenvalue weighted by molar-refractivity contribution is 5.97. The van der Waals surface area contributed by atoms with Crippen molar-refractivity contribution >= 4 is 22.8 Å². The SMILES string of the molecule is CC1CCN(C(=O)C(C)OC(=O)c2oc3ccccc3c2COc2ccccc2)CC1. The molecule has 0 aliphatic carbocycles. The summed E-state index contributed by atoms with van der Waals surface area (Å²) >= 11 is 0. The molecular weight excluding hydrogens is 394 g/mol. The Kier molecular flexibility index (Phi) is 6.26. The maximum Gasteiger partial charge on any atom is 0.375 e. The minimum Gasteiger partial charge on any atom is -0.489 e. The van der Waals surface area contributed by atoms with Crippen LogP contribution < -0.4 is 4.74 Å². The summed E-state index contributed by atoms with van der Waals surface area (Å²) in [5.74, 6) is 0.552. The number of carbonyl (C=O) groups is 2. The van der Waals surface area contributed by atoms with Gasteiger partial charge in [0.25, 0.3) is 5.91 Å². The molecule has 31 heavy (non-hydrogen) atoms. The first-order valence-electron chi connectivity index (χ1n) is 10.7. The molecule has 3 aromatic rings. The molecule has 6 heteroatoms. The number of hydrogen-bond acceptors (Lipinski definition) is 5. The van der Waals surface area contributed by atoms with E-state index in [4.69, 9.17) is 13.9 Å². The lowest BCUT2D eigenvalue weighted by atomic mass is 9.99. The summed E-state index contributed by atoms with van der Waals surface area (Å²) in [6.07, 6.45) is 1.06. The van der Waals surface area contributed by atoms with Gasteiger partial charge in [-0.05, 0) is 43.9 Å². The maximum atomic E-state index is 13.0. The smallest absolute Gasteiger partial charge is 0.375 e. The Hall–Kier alpha value is -3.28. The van der Waals surface area contributed by atoms with Crippen LogP contribution in [0, 0.1) is 5.92 Å². The van der Waals surface area contributed by atoms with Crippen LogP contribution in [0.15, 0.2) is 59.0 Å². The van der Waals surface area contributed by atoms with Crippen LogP contribution in [0.5, 0.6) is 5.75 Å². The lowest BCUT2D eigenvalue weighted by Gasteiger charge is -2.31. The van der Waals surface area contributed by atoms with Crippen molar-refractivity contribution in [3.8, 4) is 5.75 Å². The highest BCUT2D eigenvalue weighted by Gasteiger charge is 2.30. The van der Waals surface area contributed by atoms with Crippen molar-refractivity contribution in [2.24, 2.45) is 5.92 Å². The number of likely N-dealkylation sites (tertiary alicyclic amines) is 1. The first-order valence-corrected chi connectivity index (χ1v) is 10.7. The summed E-state index contributed by atoms with van der Waals surface area (Å²) in [5, 5.41) is 0.786. The standard InChI is InChI=1S/C25H27NO5/c1-17-12-14-26(15-13-17)24(27)18(2)30-25(28)23-21(16-29-19-8-4-3-5-9-19)20-10-6-7-11-22(20)31-23/h3-11,17-18H,12-16H2,1-2H3. The van der Waals surface area contributed by atoms with Crippen molar-refractivity contribution in [3.63, 3.8) is 0 Å². The highest BCUT2D eigenvalue weighted by atomic mass is 16.6. The van der Waals surface area contributed by atoms with Gasteiger partial charge in [0.05, 0.1) is 5.56 Å². The second kappa shape index (κ2) is 9.25. The molecule has 2 heterocycles. The fraction of sp³-hybridized carbons (Fsp3) is 0.360. The quantitative estimate of drug-likeness (QED) is 0.534. The normalized spacial score (nSPS) is 15.6. The first kappa shape index (κ1) is 21.0. The molecule has 1 fully saturated rings. The minimum atomic E-state index is -0.878. The lowest BCUT2D eigenvalue weighted by Crippen LogP contribution is -2.44. The maximum absolute atomic E-state index is 13.0. The monoisotopic (exact) mass is 421 g/mol. The second-order valence-electron chi connectivity index (χ2n) is 8.06. The molecule has 0 spiro atoms. The Balaban J connectivity index is 1.51. The molecule has 6 nitrogen and oxygen atoms in total. The number of piperidine rings is 1. The summed E-state index contributed by atoms with van der Waals surface area (Å²) in [4.78, 5) is 27.5. The van der Waals surface area contributed by atoms with E-state index < -0.39 is 12.1 Å². The number of nitrogens with zero attached hydrogens (tertiary/aromatic N) is 1. The van der Waals surface area contributed by atoms with Crippen LogP contribution in [0.2, 0.25) is 0 Å². The third-order valence-electron chi connectivity index (χ3n) is 5.74. The number of para-hydroxylation sites is 2. The van der Waals surface area contributed by atoms with E-state index in [1.54, 1.807) is 17.9 Å². The van der Waals surface area contributed by atoms with Gasteiger partial charge in [-0.25, -0.2) is 4.79 Å². The molecule has 1 aromatic heterocycles. The molecule has 2 aromatic carbocycles. The Morgan fingerprint density at radius 1 is 1.06 bits per heavy atom. The Labute approximate surface area is 181 Å². The van der Waals surface area contributed by atoms with Crippen LogP contribution in [0.1, 0.15) is 42.8 Å². The third-order valence-corrected chi connectivity index (χ3v) is 5.74. The van der Waals surface area contributed by atoms with E-state index in [1.807, 2.05) is 48.5 Å². The van der Waals surface area contributed by atoms with Gasteiger partial charge in [-0.2, -0.15) is 0 Å². The molecule has 1 amide bonds. The fourth-order valence-corrected chi connectivity index (χ4v) is 3.83. The molecular formula is C25H27NO5. The molecule has 162 valence electrons. The predicted molar refractivity (Wildman–Crippen MR) is 117 cm³/mol. The van der Waals surface area contributed by atoms with E-state index >= 15 is 0 Å². The zero-order chi connectivity index (χ0) is 21.8. The number of hydrogen-bond donors (Lipinski definition) is 0. The van der Waals surface area contributed by atoms with Crippen molar-refractivity contribution < 1.29 is 23.5 Å². The van der Waals surface area contributed by atoms with Gasteiger partial charge in [-0.3, -0.25) is 4.79 Å². The molecule has 1 aliphatic rings.